The third-order valence-corrected chi connectivity index (χ3v) is 7.56. The summed E-state index contributed by atoms with van der Waals surface area (Å²) >= 11 is 0. The van der Waals surface area contributed by atoms with Crippen LogP contribution in [-0.4, -0.2) is 67.6 Å². The molecule has 2 aromatic rings. The monoisotopic (exact) mass is 436 g/mol. The summed E-state index contributed by atoms with van der Waals surface area (Å²) in [4.78, 5) is 30.8. The van der Waals surface area contributed by atoms with E-state index >= 15 is 0 Å². The molecule has 0 aromatic heterocycles. The van der Waals surface area contributed by atoms with E-state index in [1.807, 2.05) is 41.3 Å². The fourth-order valence-corrected chi connectivity index (χ4v) is 5.81. The molecule has 3 fully saturated rings. The van der Waals surface area contributed by atoms with Crippen molar-refractivity contribution in [2.24, 2.45) is 11.8 Å². The fourth-order valence-electron chi connectivity index (χ4n) is 5.81. The Kier molecular flexibility index (Phi) is 6.05. The molecule has 3 aliphatic heterocycles. The van der Waals surface area contributed by atoms with Crippen molar-refractivity contribution in [3.8, 4) is 5.75 Å². The number of rotatable bonds is 3. The molecule has 170 valence electrons. The number of ether oxygens (including phenoxy) is 2. The molecule has 0 saturated carbocycles. The Morgan fingerprint density at radius 3 is 2.53 bits per heavy atom. The highest BCUT2D eigenvalue weighted by molar-refractivity contribution is 6.08. The predicted octanol–water partition coefficient (Wildman–Crippen LogP) is 3.73. The van der Waals surface area contributed by atoms with Gasteiger partial charge in [-0.25, -0.2) is 0 Å². The van der Waals surface area contributed by atoms with Crippen molar-refractivity contribution in [3.63, 3.8) is 0 Å². The van der Waals surface area contributed by atoms with E-state index in [1.54, 1.807) is 7.11 Å². The van der Waals surface area contributed by atoms with Gasteiger partial charge in [-0.2, -0.15) is 0 Å². The maximum absolute atomic E-state index is 13.4. The van der Waals surface area contributed by atoms with Crippen LogP contribution in [-0.2, 0) is 9.53 Å². The molecule has 0 N–H and O–H groups in total. The normalized spacial score (nSPS) is 24.3. The van der Waals surface area contributed by atoms with Crippen LogP contribution in [0.15, 0.2) is 36.4 Å². The maximum atomic E-state index is 13.4. The maximum Gasteiger partial charge on any atom is 0.254 e. The number of likely N-dealkylation sites (tertiary alicyclic amines) is 2. The Hall–Kier alpha value is -2.60. The molecule has 3 heterocycles. The summed E-state index contributed by atoms with van der Waals surface area (Å²) in [5.41, 5.74) is 0.701. The fraction of sp³-hybridized carbons (Fsp3) is 0.538. The number of methoxy groups -OCH3 is 1. The van der Waals surface area contributed by atoms with Crippen LogP contribution in [0.2, 0.25) is 0 Å². The van der Waals surface area contributed by atoms with Crippen LogP contribution in [0.5, 0.6) is 5.75 Å². The van der Waals surface area contributed by atoms with Crippen molar-refractivity contribution < 1.29 is 19.1 Å². The van der Waals surface area contributed by atoms with Crippen molar-refractivity contribution >= 4 is 22.6 Å². The number of benzene rings is 2. The number of hydrogen-bond acceptors (Lipinski definition) is 4. The lowest BCUT2D eigenvalue weighted by atomic mass is 9.84. The van der Waals surface area contributed by atoms with Gasteiger partial charge in [-0.05, 0) is 49.6 Å². The van der Waals surface area contributed by atoms with Gasteiger partial charge in [0, 0.05) is 55.1 Å². The molecule has 2 amide bonds. The van der Waals surface area contributed by atoms with E-state index in [2.05, 4.69) is 4.90 Å². The molecule has 0 bridgehead atoms. The van der Waals surface area contributed by atoms with E-state index in [-0.39, 0.29) is 11.8 Å². The van der Waals surface area contributed by atoms with Gasteiger partial charge in [-0.3, -0.25) is 9.59 Å². The van der Waals surface area contributed by atoms with Crippen LogP contribution < -0.4 is 4.74 Å². The lowest BCUT2D eigenvalue weighted by Crippen LogP contribution is -2.54. The second-order valence-corrected chi connectivity index (χ2v) is 9.29. The Morgan fingerprint density at radius 2 is 1.75 bits per heavy atom. The van der Waals surface area contributed by atoms with E-state index in [0.29, 0.717) is 36.5 Å². The van der Waals surface area contributed by atoms with Gasteiger partial charge < -0.3 is 19.3 Å². The first kappa shape index (κ1) is 21.3. The van der Waals surface area contributed by atoms with Crippen molar-refractivity contribution in [1.29, 1.82) is 0 Å². The van der Waals surface area contributed by atoms with Crippen molar-refractivity contribution in [2.45, 2.75) is 38.1 Å². The molecule has 2 aromatic carbocycles. The average Bonchev–Trinajstić information content (AvgIpc) is 2.87. The molecule has 0 radical (unpaired) electrons. The van der Waals surface area contributed by atoms with Crippen LogP contribution >= 0.6 is 0 Å². The van der Waals surface area contributed by atoms with E-state index < -0.39 is 0 Å². The number of hydrogen-bond donors (Lipinski definition) is 0. The minimum absolute atomic E-state index is 0.0215. The Labute approximate surface area is 189 Å². The van der Waals surface area contributed by atoms with Gasteiger partial charge in [0.05, 0.1) is 13.7 Å². The Balaban J connectivity index is 1.26. The van der Waals surface area contributed by atoms with Gasteiger partial charge in [0.1, 0.15) is 5.75 Å². The predicted molar refractivity (Wildman–Crippen MR) is 123 cm³/mol. The highest BCUT2D eigenvalue weighted by Gasteiger charge is 2.39. The summed E-state index contributed by atoms with van der Waals surface area (Å²) in [5.74, 6) is 1.62. The van der Waals surface area contributed by atoms with Gasteiger partial charge in [0.15, 0.2) is 0 Å². The summed E-state index contributed by atoms with van der Waals surface area (Å²) < 4.78 is 11.1. The standard InChI is InChI=1S/C26H32N2O4/c1-31-24-9-8-22(20-6-2-3-7-21(20)24)26(30)27-14-10-18(11-15-27)25(29)28-13-4-5-19-17-32-16-12-23(19)28/h2-3,6-9,18-19,23H,4-5,10-17H2,1H3/t19-,23-/m0/s1. The second-order valence-electron chi connectivity index (χ2n) is 9.29. The molecule has 0 spiro atoms. The van der Waals surface area contributed by atoms with Gasteiger partial charge in [0.2, 0.25) is 5.91 Å². The Bertz CT molecular complexity index is 996. The van der Waals surface area contributed by atoms with E-state index in [1.165, 1.54) is 0 Å². The Morgan fingerprint density at radius 1 is 0.969 bits per heavy atom. The van der Waals surface area contributed by atoms with Gasteiger partial charge in [-0.1, -0.05) is 24.3 Å². The van der Waals surface area contributed by atoms with Crippen molar-refractivity contribution in [3.05, 3.63) is 42.0 Å². The van der Waals surface area contributed by atoms with Crippen LogP contribution in [0.25, 0.3) is 10.8 Å². The zero-order chi connectivity index (χ0) is 22.1. The summed E-state index contributed by atoms with van der Waals surface area (Å²) in [6, 6.07) is 11.9. The van der Waals surface area contributed by atoms with Crippen LogP contribution in [0.3, 0.4) is 0 Å². The molecule has 3 saturated heterocycles. The second kappa shape index (κ2) is 9.10. The van der Waals surface area contributed by atoms with E-state index in [0.717, 1.165) is 68.4 Å². The molecule has 0 aliphatic carbocycles. The third-order valence-electron chi connectivity index (χ3n) is 7.56. The van der Waals surface area contributed by atoms with Gasteiger partial charge in [0.25, 0.3) is 5.91 Å². The summed E-state index contributed by atoms with van der Waals surface area (Å²) in [7, 11) is 1.65. The van der Waals surface area contributed by atoms with Crippen LogP contribution in [0.1, 0.15) is 42.5 Å². The SMILES string of the molecule is COc1ccc(C(=O)N2CCC(C(=O)N3CCC[C@H]4COCC[C@@H]43)CC2)c2ccccc12. The molecule has 3 aliphatic rings. The lowest BCUT2D eigenvalue weighted by Gasteiger charge is -2.45. The van der Waals surface area contributed by atoms with Crippen molar-refractivity contribution in [1.82, 2.24) is 9.80 Å². The molecule has 5 rings (SSSR count). The van der Waals surface area contributed by atoms with Crippen LogP contribution in [0.4, 0.5) is 0 Å². The number of carbonyl (C=O) groups excluding carboxylic acids is 2. The zero-order valence-electron chi connectivity index (χ0n) is 18.8. The molecule has 32 heavy (non-hydrogen) atoms. The van der Waals surface area contributed by atoms with Gasteiger partial charge >= 0.3 is 0 Å². The largest absolute Gasteiger partial charge is 0.496 e. The first-order chi connectivity index (χ1) is 15.7. The first-order valence-corrected chi connectivity index (χ1v) is 11.9. The summed E-state index contributed by atoms with van der Waals surface area (Å²) in [6.07, 6.45) is 4.67. The number of fused-ring (bicyclic) bond motifs is 2. The van der Waals surface area contributed by atoms with Gasteiger partial charge in [-0.15, -0.1) is 0 Å². The minimum Gasteiger partial charge on any atom is -0.496 e. The average molecular weight is 437 g/mol. The van der Waals surface area contributed by atoms with Crippen LogP contribution in [0, 0.1) is 11.8 Å². The summed E-state index contributed by atoms with van der Waals surface area (Å²) in [6.45, 7) is 3.67. The first-order valence-electron chi connectivity index (χ1n) is 11.9. The quantitative estimate of drug-likeness (QED) is 0.736. The number of carbonyl (C=O) groups is 2. The third kappa shape index (κ3) is 3.85. The van der Waals surface area contributed by atoms with E-state index in [9.17, 15) is 9.59 Å². The number of piperidine rings is 2. The highest BCUT2D eigenvalue weighted by Crippen LogP contribution is 2.33. The molecule has 6 nitrogen and oxygen atoms in total. The highest BCUT2D eigenvalue weighted by atomic mass is 16.5. The molecular formula is C26H32N2O4. The van der Waals surface area contributed by atoms with Crippen molar-refractivity contribution in [2.75, 3.05) is 40.0 Å². The molecule has 6 heteroatoms. The smallest absolute Gasteiger partial charge is 0.254 e. The number of nitrogens with zero attached hydrogens (tertiary/aromatic N) is 2. The van der Waals surface area contributed by atoms with E-state index in [4.69, 9.17) is 9.47 Å². The number of amides is 2. The topological polar surface area (TPSA) is 59.1 Å². The molecule has 0 unspecified atom stereocenters. The minimum atomic E-state index is 0.0215. The zero-order valence-corrected chi connectivity index (χ0v) is 18.8. The molecular weight excluding hydrogens is 404 g/mol. The summed E-state index contributed by atoms with van der Waals surface area (Å²) in [5, 5.41) is 1.86. The lowest BCUT2D eigenvalue weighted by molar-refractivity contribution is -0.146. The molecule has 2 atom stereocenters.